The number of nitrogens with zero attached hydrogens (tertiary/aromatic N) is 1. The Morgan fingerprint density at radius 1 is 0.806 bits per heavy atom. The molecule has 0 saturated carbocycles. The van der Waals surface area contributed by atoms with E-state index in [1.165, 1.54) is 24.3 Å². The lowest BCUT2D eigenvalue weighted by atomic mass is 9.78. The van der Waals surface area contributed by atoms with E-state index in [1.807, 2.05) is 30.3 Å². The van der Waals surface area contributed by atoms with Gasteiger partial charge in [-0.3, -0.25) is 4.79 Å². The van der Waals surface area contributed by atoms with Gasteiger partial charge in [-0.1, -0.05) is 48.5 Å². The largest absolute Gasteiger partial charge is 0.508 e. The van der Waals surface area contributed by atoms with Crippen LogP contribution in [0, 0.1) is 17.6 Å². The molecule has 182 valence electrons. The molecular weight excluding hydrogens is 460 g/mol. The van der Waals surface area contributed by atoms with Gasteiger partial charge in [-0.25, -0.2) is 8.78 Å². The summed E-state index contributed by atoms with van der Waals surface area (Å²) in [5.74, 6) is -1.02. The summed E-state index contributed by atoms with van der Waals surface area (Å²) in [7, 11) is 0. The second-order valence-electron chi connectivity index (χ2n) is 9.05. The van der Waals surface area contributed by atoms with E-state index in [1.54, 1.807) is 47.4 Å². The van der Waals surface area contributed by atoms with E-state index in [9.17, 15) is 23.8 Å². The number of halogens is 2. The predicted octanol–water partition coefficient (Wildman–Crippen LogP) is 6.56. The van der Waals surface area contributed by atoms with Crippen LogP contribution in [0.2, 0.25) is 0 Å². The quantitative estimate of drug-likeness (QED) is 0.292. The van der Waals surface area contributed by atoms with Crippen molar-refractivity contribution in [3.8, 4) is 16.9 Å². The first-order valence-corrected chi connectivity index (χ1v) is 11.8. The van der Waals surface area contributed by atoms with E-state index in [4.69, 9.17) is 0 Å². The maximum absolute atomic E-state index is 13.5. The van der Waals surface area contributed by atoms with E-state index in [0.717, 1.165) is 16.7 Å². The summed E-state index contributed by atoms with van der Waals surface area (Å²) in [5.41, 5.74) is 3.94. The van der Waals surface area contributed by atoms with Crippen molar-refractivity contribution in [2.24, 2.45) is 5.92 Å². The number of aliphatic hydroxyl groups excluding tert-OH is 1. The molecule has 0 aliphatic carbocycles. The molecule has 1 fully saturated rings. The lowest BCUT2D eigenvalue weighted by Crippen LogP contribution is -2.55. The van der Waals surface area contributed by atoms with Crippen molar-refractivity contribution in [3.63, 3.8) is 0 Å². The van der Waals surface area contributed by atoms with Crippen LogP contribution in [0.15, 0.2) is 97.1 Å². The number of phenols is 1. The molecule has 1 saturated heterocycles. The van der Waals surface area contributed by atoms with Crippen LogP contribution in [-0.4, -0.2) is 16.1 Å². The number of carbonyl (C=O) groups excluding carboxylic acids is 1. The molecule has 1 heterocycles. The first-order valence-electron chi connectivity index (χ1n) is 11.8. The van der Waals surface area contributed by atoms with E-state index in [-0.39, 0.29) is 35.3 Å². The minimum Gasteiger partial charge on any atom is -0.508 e. The Labute approximate surface area is 208 Å². The molecule has 1 aliphatic heterocycles. The molecule has 1 unspecified atom stereocenters. The van der Waals surface area contributed by atoms with Crippen LogP contribution in [0.1, 0.15) is 36.1 Å². The highest BCUT2D eigenvalue weighted by atomic mass is 19.1. The number of hydrogen-bond donors (Lipinski definition) is 2. The number of rotatable bonds is 7. The second kappa shape index (κ2) is 9.91. The Hall–Kier alpha value is -4.03. The highest BCUT2D eigenvalue weighted by molar-refractivity contribution is 6.03. The average Bonchev–Trinajstić information content (AvgIpc) is 2.89. The number of benzene rings is 4. The molecule has 0 bridgehead atoms. The summed E-state index contributed by atoms with van der Waals surface area (Å²) < 4.78 is 26.8. The van der Waals surface area contributed by atoms with Crippen molar-refractivity contribution < 1.29 is 23.8 Å². The van der Waals surface area contributed by atoms with Crippen LogP contribution in [0.3, 0.4) is 0 Å². The third kappa shape index (κ3) is 4.72. The zero-order chi connectivity index (χ0) is 25.2. The molecule has 4 aromatic carbocycles. The predicted molar refractivity (Wildman–Crippen MR) is 134 cm³/mol. The third-order valence-corrected chi connectivity index (χ3v) is 6.76. The Kier molecular flexibility index (Phi) is 6.53. The Morgan fingerprint density at radius 2 is 1.44 bits per heavy atom. The third-order valence-electron chi connectivity index (χ3n) is 6.76. The fourth-order valence-electron chi connectivity index (χ4n) is 4.85. The number of anilines is 1. The van der Waals surface area contributed by atoms with Crippen molar-refractivity contribution in [2.75, 3.05) is 4.90 Å². The molecule has 1 aliphatic rings. The average molecular weight is 486 g/mol. The Morgan fingerprint density at radius 3 is 2.08 bits per heavy atom. The maximum Gasteiger partial charge on any atom is 0.233 e. The number of aliphatic hydroxyl groups is 1. The topological polar surface area (TPSA) is 60.8 Å². The van der Waals surface area contributed by atoms with E-state index < -0.39 is 6.10 Å². The number of aromatic hydroxyl groups is 1. The van der Waals surface area contributed by atoms with Gasteiger partial charge < -0.3 is 15.1 Å². The smallest absolute Gasteiger partial charge is 0.233 e. The monoisotopic (exact) mass is 485 g/mol. The van der Waals surface area contributed by atoms with Crippen LogP contribution < -0.4 is 4.90 Å². The molecule has 3 atom stereocenters. The van der Waals surface area contributed by atoms with Crippen molar-refractivity contribution in [2.45, 2.75) is 25.0 Å². The highest BCUT2D eigenvalue weighted by Gasteiger charge is 2.48. The SMILES string of the molecule is O=C1[C@H](CCC(O)c2ccc(F)cc2)[C@@H](c2ccc(-c3cccc(O)c3)cc2)N1c1ccc(F)cc1. The van der Waals surface area contributed by atoms with Crippen molar-refractivity contribution in [3.05, 3.63) is 120 Å². The highest BCUT2D eigenvalue weighted by Crippen LogP contribution is 2.46. The minimum absolute atomic E-state index is 0.0880. The molecule has 0 aromatic heterocycles. The summed E-state index contributed by atoms with van der Waals surface area (Å²) in [4.78, 5) is 14.9. The number of hydrogen-bond acceptors (Lipinski definition) is 3. The van der Waals surface area contributed by atoms with Gasteiger partial charge in [0, 0.05) is 5.69 Å². The molecule has 0 spiro atoms. The zero-order valence-corrected chi connectivity index (χ0v) is 19.4. The molecule has 4 aromatic rings. The van der Waals surface area contributed by atoms with Crippen LogP contribution >= 0.6 is 0 Å². The molecule has 0 radical (unpaired) electrons. The Balaban J connectivity index is 1.40. The number of phenolic OH excluding ortho intramolecular Hbond substituents is 1. The van der Waals surface area contributed by atoms with Gasteiger partial charge in [0.2, 0.25) is 5.91 Å². The van der Waals surface area contributed by atoms with E-state index >= 15 is 0 Å². The summed E-state index contributed by atoms with van der Waals surface area (Å²) >= 11 is 0. The number of β-lactam (4-membered cyclic amide) rings is 1. The minimum atomic E-state index is -0.813. The van der Waals surface area contributed by atoms with Crippen molar-refractivity contribution in [1.82, 2.24) is 0 Å². The van der Waals surface area contributed by atoms with Crippen LogP contribution in [0.5, 0.6) is 5.75 Å². The second-order valence-corrected chi connectivity index (χ2v) is 9.05. The standard InChI is InChI=1S/C30H25F2NO3/c31-23-10-8-20(9-11-23)28(35)17-16-27-29(33(30(27)36)25-14-12-24(32)13-15-25)21-6-4-19(5-7-21)22-2-1-3-26(34)18-22/h1-15,18,27-29,34-35H,16-17H2/t27-,28?,29-/m1/s1. The lowest BCUT2D eigenvalue weighted by Gasteiger charge is -2.48. The van der Waals surface area contributed by atoms with Crippen LogP contribution in [0.25, 0.3) is 11.1 Å². The van der Waals surface area contributed by atoms with E-state index in [2.05, 4.69) is 0 Å². The summed E-state index contributed by atoms with van der Waals surface area (Å²) in [6.45, 7) is 0. The van der Waals surface area contributed by atoms with Gasteiger partial charge in [-0.2, -0.15) is 0 Å². The number of amides is 1. The van der Waals surface area contributed by atoms with Gasteiger partial charge in [-0.05, 0) is 83.6 Å². The molecule has 36 heavy (non-hydrogen) atoms. The summed E-state index contributed by atoms with van der Waals surface area (Å²) in [6.07, 6.45) is -0.0300. The van der Waals surface area contributed by atoms with Crippen LogP contribution in [-0.2, 0) is 4.79 Å². The van der Waals surface area contributed by atoms with E-state index in [0.29, 0.717) is 24.1 Å². The molecule has 5 rings (SSSR count). The normalized spacial score (nSPS) is 18.1. The van der Waals surface area contributed by atoms with Gasteiger partial charge in [-0.15, -0.1) is 0 Å². The van der Waals surface area contributed by atoms with Gasteiger partial charge in [0.25, 0.3) is 0 Å². The van der Waals surface area contributed by atoms with Crippen LogP contribution in [0.4, 0.5) is 14.5 Å². The van der Waals surface area contributed by atoms with Gasteiger partial charge in [0.05, 0.1) is 18.1 Å². The summed E-state index contributed by atoms with van der Waals surface area (Å²) in [6, 6.07) is 26.1. The first-order chi connectivity index (χ1) is 17.4. The van der Waals surface area contributed by atoms with Crippen molar-refractivity contribution in [1.29, 1.82) is 0 Å². The fraction of sp³-hybridized carbons (Fsp3) is 0.167. The van der Waals surface area contributed by atoms with Gasteiger partial charge >= 0.3 is 0 Å². The molecular formula is C30H25F2NO3. The van der Waals surface area contributed by atoms with Gasteiger partial charge in [0.15, 0.2) is 0 Å². The molecule has 1 amide bonds. The van der Waals surface area contributed by atoms with Gasteiger partial charge in [0.1, 0.15) is 17.4 Å². The molecule has 2 N–H and O–H groups in total. The fourth-order valence-corrected chi connectivity index (χ4v) is 4.85. The first kappa shape index (κ1) is 23.7. The molecule has 4 nitrogen and oxygen atoms in total. The zero-order valence-electron chi connectivity index (χ0n) is 19.4. The van der Waals surface area contributed by atoms with Crippen molar-refractivity contribution >= 4 is 11.6 Å². The Bertz CT molecular complexity index is 1350. The number of carbonyl (C=O) groups is 1. The molecule has 6 heteroatoms. The lowest BCUT2D eigenvalue weighted by molar-refractivity contribution is -0.131. The maximum atomic E-state index is 13.5. The summed E-state index contributed by atoms with van der Waals surface area (Å²) in [5, 5.41) is 20.4.